The molecule has 5 rings (SSSR count). The van der Waals surface area contributed by atoms with Crippen LogP contribution in [0.2, 0.25) is 0 Å². The van der Waals surface area contributed by atoms with Crippen LogP contribution in [0.5, 0.6) is 0 Å². The van der Waals surface area contributed by atoms with Gasteiger partial charge in [0.1, 0.15) is 17.8 Å². The number of hydrogen-bond acceptors (Lipinski definition) is 4. The summed E-state index contributed by atoms with van der Waals surface area (Å²) in [4.78, 5) is 13.0. The second kappa shape index (κ2) is 4.31. The summed E-state index contributed by atoms with van der Waals surface area (Å²) in [7, 11) is 0. The lowest BCUT2D eigenvalue weighted by Crippen LogP contribution is -2.30. The molecule has 0 atom stereocenters. The highest BCUT2D eigenvalue weighted by Crippen LogP contribution is 2.39. The topological polar surface area (TPSA) is 34.0 Å². The molecule has 0 radical (unpaired) electrons. The van der Waals surface area contributed by atoms with Gasteiger partial charge in [-0.15, -0.1) is 11.3 Å². The van der Waals surface area contributed by atoms with Crippen molar-refractivity contribution in [2.75, 3.05) is 11.4 Å². The third kappa shape index (κ3) is 1.80. The van der Waals surface area contributed by atoms with Crippen LogP contribution in [0.3, 0.4) is 0 Å². The lowest BCUT2D eigenvalue weighted by Gasteiger charge is -2.28. The van der Waals surface area contributed by atoms with Crippen LogP contribution in [0.15, 0.2) is 30.0 Å². The second-order valence-electron chi connectivity index (χ2n) is 5.93. The van der Waals surface area contributed by atoms with Crippen LogP contribution >= 0.6 is 11.3 Å². The van der Waals surface area contributed by atoms with Gasteiger partial charge in [-0.05, 0) is 42.3 Å². The summed E-state index contributed by atoms with van der Waals surface area (Å²) in [5.41, 5.74) is 2.55. The van der Waals surface area contributed by atoms with E-state index in [2.05, 4.69) is 43.1 Å². The summed E-state index contributed by atoms with van der Waals surface area (Å²) >= 11 is 1.88. The van der Waals surface area contributed by atoms with E-state index in [4.69, 9.17) is 0 Å². The Hall–Kier alpha value is -1.88. The summed E-state index contributed by atoms with van der Waals surface area (Å²) < 4.78 is 2.32. The van der Waals surface area contributed by atoms with Crippen molar-refractivity contribution >= 4 is 28.2 Å². The van der Waals surface area contributed by atoms with Crippen molar-refractivity contribution in [3.8, 4) is 0 Å². The average Bonchev–Trinajstić information content (AvgIpc) is 3.10. The predicted octanol–water partition coefficient (Wildman–Crippen LogP) is 3.39. The standard InChI is InChI=1S/C16H16N4S/c1-2-12(1)20-7-3-13-15(17-10-18-16(13)20)19-6-4-14-11(9-19)5-8-21-14/h3,5,7-8,10,12H,1-2,4,6,9H2. The molecule has 0 saturated heterocycles. The molecule has 0 aromatic carbocycles. The normalized spacial score (nSPS) is 18.2. The molecule has 3 aromatic heterocycles. The zero-order valence-electron chi connectivity index (χ0n) is 11.7. The van der Waals surface area contributed by atoms with Gasteiger partial charge >= 0.3 is 0 Å². The maximum atomic E-state index is 4.59. The van der Waals surface area contributed by atoms with Gasteiger partial charge in [-0.3, -0.25) is 0 Å². The largest absolute Gasteiger partial charge is 0.351 e. The molecule has 106 valence electrons. The average molecular weight is 296 g/mol. The van der Waals surface area contributed by atoms with Crippen LogP contribution in [0.25, 0.3) is 11.0 Å². The number of nitrogens with zero attached hydrogens (tertiary/aromatic N) is 4. The molecule has 2 aliphatic rings. The summed E-state index contributed by atoms with van der Waals surface area (Å²) in [5, 5.41) is 3.40. The molecule has 0 spiro atoms. The second-order valence-corrected chi connectivity index (χ2v) is 6.93. The Bertz CT molecular complexity index is 815. The maximum Gasteiger partial charge on any atom is 0.145 e. The molecule has 1 saturated carbocycles. The van der Waals surface area contributed by atoms with E-state index >= 15 is 0 Å². The molecule has 0 N–H and O–H groups in total. The van der Waals surface area contributed by atoms with Gasteiger partial charge in [0.05, 0.1) is 5.39 Å². The van der Waals surface area contributed by atoms with Crippen molar-refractivity contribution in [1.82, 2.24) is 14.5 Å². The van der Waals surface area contributed by atoms with Crippen molar-refractivity contribution in [2.24, 2.45) is 0 Å². The minimum Gasteiger partial charge on any atom is -0.351 e. The first-order valence-electron chi connectivity index (χ1n) is 7.52. The fourth-order valence-corrected chi connectivity index (χ4v) is 4.18. The van der Waals surface area contributed by atoms with E-state index in [1.54, 1.807) is 6.33 Å². The molecule has 1 fully saturated rings. The number of anilines is 1. The monoisotopic (exact) mass is 296 g/mol. The van der Waals surface area contributed by atoms with Crippen molar-refractivity contribution in [3.05, 3.63) is 40.5 Å². The van der Waals surface area contributed by atoms with Gasteiger partial charge < -0.3 is 9.47 Å². The van der Waals surface area contributed by atoms with Crippen LogP contribution in [0.4, 0.5) is 5.82 Å². The highest BCUT2D eigenvalue weighted by molar-refractivity contribution is 7.10. The zero-order valence-corrected chi connectivity index (χ0v) is 12.5. The first-order valence-corrected chi connectivity index (χ1v) is 8.40. The molecule has 21 heavy (non-hydrogen) atoms. The fraction of sp³-hybridized carbons (Fsp3) is 0.375. The molecule has 1 aliphatic carbocycles. The quantitative estimate of drug-likeness (QED) is 0.727. The number of hydrogen-bond donors (Lipinski definition) is 0. The van der Waals surface area contributed by atoms with Gasteiger partial charge in [-0.25, -0.2) is 9.97 Å². The van der Waals surface area contributed by atoms with Gasteiger partial charge in [-0.1, -0.05) is 0 Å². The van der Waals surface area contributed by atoms with Crippen LogP contribution < -0.4 is 4.90 Å². The Morgan fingerprint density at radius 1 is 1.19 bits per heavy atom. The first kappa shape index (κ1) is 11.7. The molecule has 3 aromatic rings. The smallest absolute Gasteiger partial charge is 0.145 e. The number of fused-ring (bicyclic) bond motifs is 2. The highest BCUT2D eigenvalue weighted by atomic mass is 32.1. The van der Waals surface area contributed by atoms with E-state index in [0.29, 0.717) is 6.04 Å². The fourth-order valence-electron chi connectivity index (χ4n) is 3.29. The van der Waals surface area contributed by atoms with Gasteiger partial charge in [0.2, 0.25) is 0 Å². The molecule has 4 heterocycles. The van der Waals surface area contributed by atoms with Crippen LogP contribution in [-0.2, 0) is 13.0 Å². The molecule has 4 nitrogen and oxygen atoms in total. The molecule has 0 unspecified atom stereocenters. The maximum absolute atomic E-state index is 4.59. The van der Waals surface area contributed by atoms with Crippen molar-refractivity contribution in [2.45, 2.75) is 31.8 Å². The molecular formula is C16H16N4S. The Morgan fingerprint density at radius 2 is 2.14 bits per heavy atom. The Labute approximate surface area is 127 Å². The lowest BCUT2D eigenvalue weighted by atomic mass is 10.1. The number of thiophene rings is 1. The molecule has 0 amide bonds. The van der Waals surface area contributed by atoms with Gasteiger partial charge in [0, 0.05) is 30.2 Å². The Balaban J connectivity index is 1.59. The third-order valence-corrected chi connectivity index (χ3v) is 5.56. The van der Waals surface area contributed by atoms with E-state index in [9.17, 15) is 0 Å². The van der Waals surface area contributed by atoms with Crippen molar-refractivity contribution in [1.29, 1.82) is 0 Å². The predicted molar refractivity (Wildman–Crippen MR) is 84.9 cm³/mol. The summed E-state index contributed by atoms with van der Waals surface area (Å²) in [6, 6.07) is 5.10. The van der Waals surface area contributed by atoms with E-state index in [1.807, 2.05) is 11.3 Å². The van der Waals surface area contributed by atoms with Crippen molar-refractivity contribution in [3.63, 3.8) is 0 Å². The molecule has 0 bridgehead atoms. The zero-order chi connectivity index (χ0) is 13.8. The lowest BCUT2D eigenvalue weighted by molar-refractivity contribution is 0.732. The van der Waals surface area contributed by atoms with E-state index < -0.39 is 0 Å². The first-order chi connectivity index (χ1) is 10.4. The van der Waals surface area contributed by atoms with Crippen LogP contribution in [-0.4, -0.2) is 21.1 Å². The molecule has 1 aliphatic heterocycles. The highest BCUT2D eigenvalue weighted by Gasteiger charge is 2.27. The molecule has 5 heteroatoms. The Kier molecular flexibility index (Phi) is 2.41. The van der Waals surface area contributed by atoms with E-state index in [0.717, 1.165) is 31.0 Å². The Morgan fingerprint density at radius 3 is 3.05 bits per heavy atom. The van der Waals surface area contributed by atoms with Crippen LogP contribution in [0, 0.1) is 0 Å². The number of aromatic nitrogens is 3. The summed E-state index contributed by atoms with van der Waals surface area (Å²) in [5.74, 6) is 1.09. The van der Waals surface area contributed by atoms with E-state index in [-0.39, 0.29) is 0 Å². The minimum atomic E-state index is 0.662. The minimum absolute atomic E-state index is 0.662. The SMILES string of the molecule is c1nc(N2CCc3sccc3C2)c2ccn(C3CC3)c2n1. The van der Waals surface area contributed by atoms with E-state index in [1.165, 1.54) is 28.7 Å². The molecular weight excluding hydrogens is 280 g/mol. The van der Waals surface area contributed by atoms with Crippen molar-refractivity contribution < 1.29 is 0 Å². The number of rotatable bonds is 2. The van der Waals surface area contributed by atoms with Gasteiger partial charge in [0.15, 0.2) is 0 Å². The van der Waals surface area contributed by atoms with Gasteiger partial charge in [-0.2, -0.15) is 0 Å². The summed E-state index contributed by atoms with van der Waals surface area (Å²) in [6.45, 7) is 2.02. The summed E-state index contributed by atoms with van der Waals surface area (Å²) in [6.07, 6.45) is 7.60. The van der Waals surface area contributed by atoms with Crippen LogP contribution in [0.1, 0.15) is 29.3 Å². The third-order valence-electron chi connectivity index (χ3n) is 4.54. The van der Waals surface area contributed by atoms with Gasteiger partial charge in [0.25, 0.3) is 0 Å².